The molecule has 0 aliphatic heterocycles. The minimum atomic E-state index is -4.44. The number of alkyl halides is 3. The van der Waals surface area contributed by atoms with Crippen molar-refractivity contribution in [3.63, 3.8) is 0 Å². The van der Waals surface area contributed by atoms with Crippen LogP contribution in [0.25, 0.3) is 16.8 Å². The molecule has 0 radical (unpaired) electrons. The summed E-state index contributed by atoms with van der Waals surface area (Å²) in [5.74, 6) is 0. The molecule has 7 heteroatoms. The molecule has 0 bridgehead atoms. The molecule has 0 aromatic carbocycles. The maximum atomic E-state index is 12.9. The molecule has 0 fully saturated rings. The van der Waals surface area contributed by atoms with Crippen molar-refractivity contribution in [3.05, 3.63) is 42.6 Å². The number of H-pyrrole nitrogens is 1. The number of hydrogen-bond acceptors (Lipinski definition) is 2. The summed E-state index contributed by atoms with van der Waals surface area (Å²) in [6, 6.07) is 1.08. The fraction of sp³-hybridized carbons (Fsp3) is 0.0909. The van der Waals surface area contributed by atoms with Crippen LogP contribution in [0.2, 0.25) is 0 Å². The van der Waals surface area contributed by atoms with Crippen LogP contribution in [-0.2, 0) is 6.18 Å². The summed E-state index contributed by atoms with van der Waals surface area (Å²) in [5, 5.41) is 6.30. The fourth-order valence-electron chi connectivity index (χ4n) is 1.81. The molecule has 92 valence electrons. The first kappa shape index (κ1) is 10.8. The van der Waals surface area contributed by atoms with E-state index in [9.17, 15) is 13.2 Å². The third-order valence-corrected chi connectivity index (χ3v) is 2.62. The van der Waals surface area contributed by atoms with Crippen LogP contribution in [0.1, 0.15) is 5.56 Å². The first-order valence-corrected chi connectivity index (χ1v) is 5.09. The van der Waals surface area contributed by atoms with Gasteiger partial charge in [-0.25, -0.2) is 4.98 Å². The van der Waals surface area contributed by atoms with E-state index in [0.29, 0.717) is 11.1 Å². The van der Waals surface area contributed by atoms with Gasteiger partial charge in [0.25, 0.3) is 0 Å². The number of aromatic nitrogens is 4. The zero-order chi connectivity index (χ0) is 12.8. The Morgan fingerprint density at radius 1 is 1.22 bits per heavy atom. The van der Waals surface area contributed by atoms with Crippen LogP contribution >= 0.6 is 0 Å². The first-order chi connectivity index (χ1) is 8.55. The molecule has 1 N–H and O–H groups in total. The van der Waals surface area contributed by atoms with Crippen LogP contribution in [-0.4, -0.2) is 19.6 Å². The molecule has 18 heavy (non-hydrogen) atoms. The van der Waals surface area contributed by atoms with E-state index in [4.69, 9.17) is 0 Å². The zero-order valence-electron chi connectivity index (χ0n) is 8.94. The summed E-state index contributed by atoms with van der Waals surface area (Å²) in [5.41, 5.74) is 0.165. The molecule has 0 spiro atoms. The summed E-state index contributed by atoms with van der Waals surface area (Å²) in [7, 11) is 0. The van der Waals surface area contributed by atoms with Gasteiger partial charge in [0.15, 0.2) is 0 Å². The standard InChI is InChI=1S/C11H7F3N4/c12-11(13,14)9-3-7(8-4-16-17-5-8)6-18-2-1-15-10(9)18/h1-6H,(H,16,17). The summed E-state index contributed by atoms with van der Waals surface area (Å²) in [6.07, 6.45) is 2.98. The van der Waals surface area contributed by atoms with Crippen LogP contribution in [0.4, 0.5) is 13.2 Å². The van der Waals surface area contributed by atoms with E-state index in [2.05, 4.69) is 15.2 Å². The molecule has 4 nitrogen and oxygen atoms in total. The normalized spacial score (nSPS) is 12.2. The predicted octanol–water partition coefficient (Wildman–Crippen LogP) is 2.74. The lowest BCUT2D eigenvalue weighted by Gasteiger charge is -2.10. The van der Waals surface area contributed by atoms with E-state index in [1.807, 2.05) is 0 Å². The van der Waals surface area contributed by atoms with Crippen LogP contribution in [0.5, 0.6) is 0 Å². The van der Waals surface area contributed by atoms with Crippen molar-refractivity contribution in [3.8, 4) is 11.1 Å². The van der Waals surface area contributed by atoms with Gasteiger partial charge in [-0.2, -0.15) is 18.3 Å². The number of imidazole rings is 1. The van der Waals surface area contributed by atoms with Crippen LogP contribution in [0.15, 0.2) is 37.1 Å². The second-order valence-corrected chi connectivity index (χ2v) is 3.79. The van der Waals surface area contributed by atoms with Crippen molar-refractivity contribution in [2.75, 3.05) is 0 Å². The van der Waals surface area contributed by atoms with Crippen molar-refractivity contribution < 1.29 is 13.2 Å². The third-order valence-electron chi connectivity index (χ3n) is 2.62. The van der Waals surface area contributed by atoms with E-state index >= 15 is 0 Å². The summed E-state index contributed by atoms with van der Waals surface area (Å²) < 4.78 is 40.2. The van der Waals surface area contributed by atoms with Gasteiger partial charge in [-0.05, 0) is 6.07 Å². The van der Waals surface area contributed by atoms with Gasteiger partial charge in [0.1, 0.15) is 5.65 Å². The predicted molar refractivity (Wildman–Crippen MR) is 57.8 cm³/mol. The smallest absolute Gasteiger partial charge is 0.306 e. The van der Waals surface area contributed by atoms with Crippen LogP contribution < -0.4 is 0 Å². The van der Waals surface area contributed by atoms with E-state index in [1.54, 1.807) is 6.20 Å². The lowest BCUT2D eigenvalue weighted by Crippen LogP contribution is -2.08. The van der Waals surface area contributed by atoms with Gasteiger partial charge in [0, 0.05) is 35.9 Å². The van der Waals surface area contributed by atoms with Crippen LogP contribution in [0.3, 0.4) is 0 Å². The highest BCUT2D eigenvalue weighted by molar-refractivity contribution is 5.66. The average Bonchev–Trinajstić information content (AvgIpc) is 2.97. The number of rotatable bonds is 1. The highest BCUT2D eigenvalue weighted by Crippen LogP contribution is 2.34. The Balaban J connectivity index is 2.30. The van der Waals surface area contributed by atoms with E-state index in [0.717, 1.165) is 6.07 Å². The van der Waals surface area contributed by atoms with Crippen molar-refractivity contribution in [1.29, 1.82) is 0 Å². The quantitative estimate of drug-likeness (QED) is 0.723. The lowest BCUT2D eigenvalue weighted by molar-refractivity contribution is -0.136. The van der Waals surface area contributed by atoms with Crippen molar-refractivity contribution in [2.24, 2.45) is 0 Å². The SMILES string of the molecule is FC(F)(F)c1cc(-c2cn[nH]c2)cn2ccnc12. The number of nitrogens with one attached hydrogen (secondary N) is 1. The topological polar surface area (TPSA) is 46.0 Å². The molecular formula is C11H7F3N4. The van der Waals surface area contributed by atoms with Gasteiger partial charge in [-0.15, -0.1) is 0 Å². The minimum absolute atomic E-state index is 0.102. The molecule has 0 amide bonds. The Morgan fingerprint density at radius 3 is 2.72 bits per heavy atom. The summed E-state index contributed by atoms with van der Waals surface area (Å²) >= 11 is 0. The summed E-state index contributed by atoms with van der Waals surface area (Å²) in [6.45, 7) is 0. The van der Waals surface area contributed by atoms with E-state index < -0.39 is 11.7 Å². The van der Waals surface area contributed by atoms with Gasteiger partial charge in [-0.1, -0.05) is 0 Å². The first-order valence-electron chi connectivity index (χ1n) is 5.09. The third kappa shape index (κ3) is 1.64. The minimum Gasteiger partial charge on any atom is -0.306 e. The van der Waals surface area contributed by atoms with Crippen molar-refractivity contribution >= 4 is 5.65 Å². The van der Waals surface area contributed by atoms with Crippen molar-refractivity contribution in [2.45, 2.75) is 6.18 Å². The Morgan fingerprint density at radius 2 is 2.06 bits per heavy atom. The Kier molecular flexibility index (Phi) is 2.16. The molecule has 0 saturated carbocycles. The maximum Gasteiger partial charge on any atom is 0.420 e. The van der Waals surface area contributed by atoms with Crippen molar-refractivity contribution in [1.82, 2.24) is 19.6 Å². The molecule has 0 atom stereocenters. The molecule has 0 aliphatic carbocycles. The fourth-order valence-corrected chi connectivity index (χ4v) is 1.81. The molecule has 3 heterocycles. The Hall–Kier alpha value is -2.31. The molecule has 0 unspecified atom stereocenters. The van der Waals surface area contributed by atoms with Crippen LogP contribution in [0, 0.1) is 0 Å². The molecule has 0 aliphatic rings. The molecule has 0 saturated heterocycles. The lowest BCUT2D eigenvalue weighted by atomic mass is 10.1. The highest BCUT2D eigenvalue weighted by atomic mass is 19.4. The van der Waals surface area contributed by atoms with E-state index in [-0.39, 0.29) is 5.65 Å². The number of nitrogens with zero attached hydrogens (tertiary/aromatic N) is 3. The monoisotopic (exact) mass is 252 g/mol. The van der Waals surface area contributed by atoms with Gasteiger partial charge < -0.3 is 4.40 Å². The largest absolute Gasteiger partial charge is 0.420 e. The van der Waals surface area contributed by atoms with Gasteiger partial charge in [0.05, 0.1) is 11.8 Å². The van der Waals surface area contributed by atoms with Gasteiger partial charge in [-0.3, -0.25) is 5.10 Å². The number of hydrogen-bond donors (Lipinski definition) is 1. The molecule has 3 rings (SSSR count). The summed E-state index contributed by atoms with van der Waals surface area (Å²) in [4.78, 5) is 3.73. The molecular weight excluding hydrogens is 245 g/mol. The maximum absolute atomic E-state index is 12.9. The van der Waals surface area contributed by atoms with Gasteiger partial charge >= 0.3 is 6.18 Å². The average molecular weight is 252 g/mol. The molecule has 3 aromatic rings. The number of aromatic amines is 1. The highest BCUT2D eigenvalue weighted by Gasteiger charge is 2.34. The molecule has 3 aromatic heterocycles. The Bertz CT molecular complexity index is 682. The second-order valence-electron chi connectivity index (χ2n) is 3.79. The second kappa shape index (κ2) is 3.59. The number of halogens is 3. The van der Waals surface area contributed by atoms with Gasteiger partial charge in [0.2, 0.25) is 0 Å². The zero-order valence-corrected chi connectivity index (χ0v) is 8.94. The number of pyridine rings is 1. The Labute approximate surface area is 99.1 Å². The number of fused-ring (bicyclic) bond motifs is 1. The van der Waals surface area contributed by atoms with E-state index in [1.165, 1.54) is 29.2 Å².